The summed E-state index contributed by atoms with van der Waals surface area (Å²) in [5.41, 5.74) is 5.30. The van der Waals surface area contributed by atoms with Gasteiger partial charge < -0.3 is 5.73 Å². The van der Waals surface area contributed by atoms with Crippen molar-refractivity contribution in [1.82, 2.24) is 4.31 Å². The van der Waals surface area contributed by atoms with Gasteiger partial charge in [-0.05, 0) is 30.4 Å². The van der Waals surface area contributed by atoms with E-state index >= 15 is 0 Å². The Bertz CT molecular complexity index is 659. The molecule has 0 amide bonds. The molecule has 2 N–H and O–H groups in total. The molecule has 0 saturated carbocycles. The van der Waals surface area contributed by atoms with Crippen molar-refractivity contribution in [3.05, 3.63) is 29.6 Å². The van der Waals surface area contributed by atoms with Crippen LogP contribution in [0.5, 0.6) is 0 Å². The standard InChI is InChI=1S/C14H19FN2O2S2/c1-9(2)10-6-7-17(8-10)21(18,19)12-5-3-4-11(15)13(12)14(16)20/h3-5,9-10H,6-8H2,1-2H3,(H2,16,20). The summed E-state index contributed by atoms with van der Waals surface area (Å²) in [7, 11) is -3.78. The van der Waals surface area contributed by atoms with Crippen LogP contribution in [-0.4, -0.2) is 30.8 Å². The number of nitrogens with two attached hydrogens (primary N) is 1. The van der Waals surface area contributed by atoms with E-state index in [1.165, 1.54) is 16.4 Å². The fourth-order valence-corrected chi connectivity index (χ4v) is 4.61. The van der Waals surface area contributed by atoms with Crippen LogP contribution in [0.3, 0.4) is 0 Å². The number of sulfonamides is 1. The number of halogens is 1. The minimum Gasteiger partial charge on any atom is -0.389 e. The first kappa shape index (κ1) is 16.3. The van der Waals surface area contributed by atoms with Crippen LogP contribution in [0.1, 0.15) is 25.8 Å². The lowest BCUT2D eigenvalue weighted by Gasteiger charge is -2.20. The number of hydrogen-bond donors (Lipinski definition) is 1. The van der Waals surface area contributed by atoms with Gasteiger partial charge in [0, 0.05) is 13.1 Å². The summed E-state index contributed by atoms with van der Waals surface area (Å²) in [6, 6.07) is 3.88. The highest BCUT2D eigenvalue weighted by Crippen LogP contribution is 2.30. The first-order valence-corrected chi connectivity index (χ1v) is 8.68. The van der Waals surface area contributed by atoms with Crippen LogP contribution in [0.15, 0.2) is 23.1 Å². The van der Waals surface area contributed by atoms with Gasteiger partial charge in [-0.15, -0.1) is 0 Å². The molecule has 0 spiro atoms. The number of thiocarbonyl (C=S) groups is 1. The minimum absolute atomic E-state index is 0.139. The van der Waals surface area contributed by atoms with Crippen LogP contribution in [0.2, 0.25) is 0 Å². The molecular formula is C14H19FN2O2S2. The Balaban J connectivity index is 2.42. The smallest absolute Gasteiger partial charge is 0.243 e. The van der Waals surface area contributed by atoms with Crippen molar-refractivity contribution in [3.63, 3.8) is 0 Å². The van der Waals surface area contributed by atoms with Gasteiger partial charge in [0.2, 0.25) is 10.0 Å². The molecule has 21 heavy (non-hydrogen) atoms. The van der Waals surface area contributed by atoms with Gasteiger partial charge in [-0.25, -0.2) is 12.8 Å². The van der Waals surface area contributed by atoms with Crippen LogP contribution in [0.4, 0.5) is 4.39 Å². The number of benzene rings is 1. The first-order valence-electron chi connectivity index (χ1n) is 6.83. The number of nitrogens with zero attached hydrogens (tertiary/aromatic N) is 1. The van der Waals surface area contributed by atoms with Crippen molar-refractivity contribution in [2.24, 2.45) is 17.6 Å². The summed E-state index contributed by atoms with van der Waals surface area (Å²) in [5, 5.41) is 0. The zero-order valence-corrected chi connectivity index (χ0v) is 13.7. The van der Waals surface area contributed by atoms with Crippen molar-refractivity contribution >= 4 is 27.2 Å². The van der Waals surface area contributed by atoms with Crippen molar-refractivity contribution in [1.29, 1.82) is 0 Å². The van der Waals surface area contributed by atoms with Gasteiger partial charge >= 0.3 is 0 Å². The molecule has 1 aromatic carbocycles. The monoisotopic (exact) mass is 330 g/mol. The van der Waals surface area contributed by atoms with Gasteiger partial charge in [-0.2, -0.15) is 4.31 Å². The highest BCUT2D eigenvalue weighted by atomic mass is 32.2. The molecule has 1 aliphatic heterocycles. The normalized spacial score (nSPS) is 20.1. The lowest BCUT2D eigenvalue weighted by Crippen LogP contribution is -2.31. The molecule has 2 rings (SSSR count). The second kappa shape index (κ2) is 5.98. The zero-order valence-electron chi connectivity index (χ0n) is 12.0. The molecule has 1 aliphatic rings. The van der Waals surface area contributed by atoms with Crippen molar-refractivity contribution < 1.29 is 12.8 Å². The van der Waals surface area contributed by atoms with E-state index in [9.17, 15) is 12.8 Å². The quantitative estimate of drug-likeness (QED) is 0.859. The van der Waals surface area contributed by atoms with E-state index in [2.05, 4.69) is 13.8 Å². The topological polar surface area (TPSA) is 63.4 Å². The van der Waals surface area contributed by atoms with E-state index in [0.29, 0.717) is 24.9 Å². The molecule has 0 bridgehead atoms. The predicted octanol–water partition coefficient (Wildman–Crippen LogP) is 2.13. The van der Waals surface area contributed by atoms with Gasteiger partial charge in [0.15, 0.2) is 0 Å². The van der Waals surface area contributed by atoms with Crippen LogP contribution < -0.4 is 5.73 Å². The highest BCUT2D eigenvalue weighted by molar-refractivity contribution is 7.89. The van der Waals surface area contributed by atoms with E-state index in [4.69, 9.17) is 18.0 Å². The third-order valence-electron chi connectivity index (χ3n) is 3.97. The Labute approximate surface area is 130 Å². The van der Waals surface area contributed by atoms with E-state index < -0.39 is 15.8 Å². The average molecular weight is 330 g/mol. The molecule has 1 saturated heterocycles. The average Bonchev–Trinajstić information content (AvgIpc) is 2.88. The summed E-state index contributed by atoms with van der Waals surface area (Å²) >= 11 is 4.80. The molecule has 1 fully saturated rings. The molecule has 116 valence electrons. The van der Waals surface area contributed by atoms with Gasteiger partial charge in [0.1, 0.15) is 10.8 Å². The molecule has 1 atom stereocenters. The van der Waals surface area contributed by atoms with E-state index in [-0.39, 0.29) is 15.4 Å². The minimum atomic E-state index is -3.78. The Hall–Kier alpha value is -1.05. The summed E-state index contributed by atoms with van der Waals surface area (Å²) in [6.45, 7) is 5.04. The largest absolute Gasteiger partial charge is 0.389 e. The first-order chi connectivity index (χ1) is 9.75. The van der Waals surface area contributed by atoms with Crippen LogP contribution in [0.25, 0.3) is 0 Å². The molecule has 7 heteroatoms. The lowest BCUT2D eigenvalue weighted by atomic mass is 9.96. The van der Waals surface area contributed by atoms with Crippen molar-refractivity contribution in [3.8, 4) is 0 Å². The number of hydrogen-bond acceptors (Lipinski definition) is 3. The highest BCUT2D eigenvalue weighted by Gasteiger charge is 2.35. The Morgan fingerprint density at radius 1 is 1.48 bits per heavy atom. The third kappa shape index (κ3) is 3.09. The zero-order chi connectivity index (χ0) is 15.8. The SMILES string of the molecule is CC(C)C1CCN(S(=O)(=O)c2cccc(F)c2C(N)=S)C1. The van der Waals surface area contributed by atoms with E-state index in [1.54, 1.807) is 0 Å². The fraction of sp³-hybridized carbons (Fsp3) is 0.500. The van der Waals surface area contributed by atoms with E-state index in [0.717, 1.165) is 12.5 Å². The lowest BCUT2D eigenvalue weighted by molar-refractivity contribution is 0.388. The Morgan fingerprint density at radius 2 is 2.14 bits per heavy atom. The molecule has 0 aliphatic carbocycles. The second-order valence-electron chi connectivity index (χ2n) is 5.63. The summed E-state index contributed by atoms with van der Waals surface area (Å²) < 4.78 is 40.7. The van der Waals surface area contributed by atoms with Crippen LogP contribution >= 0.6 is 12.2 Å². The Kier molecular flexibility index (Phi) is 4.65. The summed E-state index contributed by atoms with van der Waals surface area (Å²) in [5.74, 6) is 0.0255. The van der Waals surface area contributed by atoms with Crippen LogP contribution in [-0.2, 0) is 10.0 Å². The predicted molar refractivity (Wildman–Crippen MR) is 84.0 cm³/mol. The Morgan fingerprint density at radius 3 is 2.67 bits per heavy atom. The molecule has 1 heterocycles. The molecule has 1 aromatic rings. The summed E-state index contributed by atoms with van der Waals surface area (Å²) in [6.07, 6.45) is 0.814. The van der Waals surface area contributed by atoms with Crippen molar-refractivity contribution in [2.45, 2.75) is 25.2 Å². The molecular weight excluding hydrogens is 311 g/mol. The molecule has 0 radical (unpaired) electrons. The molecule has 0 aromatic heterocycles. The van der Waals surface area contributed by atoms with Gasteiger partial charge in [0.25, 0.3) is 0 Å². The summed E-state index contributed by atoms with van der Waals surface area (Å²) in [4.78, 5) is -0.384. The third-order valence-corrected chi connectivity index (χ3v) is 6.08. The van der Waals surface area contributed by atoms with Gasteiger partial charge in [0.05, 0.1) is 10.5 Å². The maximum atomic E-state index is 13.9. The van der Waals surface area contributed by atoms with E-state index in [1.807, 2.05) is 0 Å². The van der Waals surface area contributed by atoms with Crippen LogP contribution in [0, 0.1) is 17.7 Å². The molecule has 1 unspecified atom stereocenters. The second-order valence-corrected chi connectivity index (χ2v) is 7.98. The van der Waals surface area contributed by atoms with Crippen molar-refractivity contribution in [2.75, 3.05) is 13.1 Å². The number of rotatable bonds is 4. The fourth-order valence-electron chi connectivity index (χ4n) is 2.61. The molecule has 4 nitrogen and oxygen atoms in total. The maximum Gasteiger partial charge on any atom is 0.243 e. The van der Waals surface area contributed by atoms with Gasteiger partial charge in [-0.3, -0.25) is 0 Å². The maximum absolute atomic E-state index is 13.9. The van der Waals surface area contributed by atoms with Gasteiger partial charge in [-0.1, -0.05) is 32.1 Å².